The number of likely N-dealkylation sites (tertiary alicyclic amines) is 1. The molecule has 6 heteroatoms. The van der Waals surface area contributed by atoms with Crippen molar-refractivity contribution >= 4 is 0 Å². The third-order valence-corrected chi connectivity index (χ3v) is 5.74. The summed E-state index contributed by atoms with van der Waals surface area (Å²) >= 11 is 0. The van der Waals surface area contributed by atoms with Crippen LogP contribution in [0.1, 0.15) is 36.1 Å². The number of hydrogen-bond acceptors (Lipinski definition) is 6. The number of rotatable bonds is 8. The Hall–Kier alpha value is -2.12. The lowest BCUT2D eigenvalue weighted by Gasteiger charge is -2.32. The minimum Gasteiger partial charge on any atom is -0.486 e. The van der Waals surface area contributed by atoms with Gasteiger partial charge in [-0.05, 0) is 49.2 Å². The smallest absolute Gasteiger partial charge is 0.161 e. The molecule has 2 aliphatic heterocycles. The van der Waals surface area contributed by atoms with Crippen LogP contribution in [0.2, 0.25) is 0 Å². The first-order valence-electron chi connectivity index (χ1n) is 10.5. The zero-order valence-corrected chi connectivity index (χ0v) is 16.7. The molecule has 0 saturated carbocycles. The average Bonchev–Trinajstić information content (AvgIpc) is 3.29. The summed E-state index contributed by atoms with van der Waals surface area (Å²) in [5.74, 6) is 1.39. The minimum absolute atomic E-state index is 0.0334. The van der Waals surface area contributed by atoms with Gasteiger partial charge in [0.2, 0.25) is 0 Å². The Labute approximate surface area is 172 Å². The van der Waals surface area contributed by atoms with E-state index in [1.165, 1.54) is 12.8 Å². The maximum absolute atomic E-state index is 11.3. The Bertz CT molecular complexity index is 780. The van der Waals surface area contributed by atoms with Crippen molar-refractivity contribution in [2.24, 2.45) is 0 Å². The van der Waals surface area contributed by atoms with Gasteiger partial charge < -0.3 is 29.9 Å². The molecule has 1 fully saturated rings. The van der Waals surface area contributed by atoms with Crippen molar-refractivity contribution in [3.63, 3.8) is 0 Å². The molecule has 6 nitrogen and oxygen atoms in total. The fourth-order valence-corrected chi connectivity index (χ4v) is 4.16. The van der Waals surface area contributed by atoms with E-state index in [-0.39, 0.29) is 18.7 Å². The molecule has 3 unspecified atom stereocenters. The summed E-state index contributed by atoms with van der Waals surface area (Å²) in [5, 5.41) is 24.8. The number of hydrogen-bond donors (Lipinski definition) is 3. The number of benzene rings is 2. The van der Waals surface area contributed by atoms with Gasteiger partial charge in [0.25, 0.3) is 0 Å². The largest absolute Gasteiger partial charge is 0.486 e. The van der Waals surface area contributed by atoms with Crippen molar-refractivity contribution < 1.29 is 19.7 Å². The van der Waals surface area contributed by atoms with E-state index in [1.54, 1.807) is 0 Å². The van der Waals surface area contributed by atoms with Crippen LogP contribution in [0.25, 0.3) is 0 Å². The molecule has 156 valence electrons. The molecule has 2 aromatic rings. The van der Waals surface area contributed by atoms with Crippen LogP contribution in [0.4, 0.5) is 0 Å². The third kappa shape index (κ3) is 4.90. The van der Waals surface area contributed by atoms with Crippen LogP contribution in [0.5, 0.6) is 11.5 Å². The molecule has 0 spiro atoms. The summed E-state index contributed by atoms with van der Waals surface area (Å²) in [6.07, 6.45) is 1.65. The van der Waals surface area contributed by atoms with Crippen LogP contribution in [0.15, 0.2) is 48.5 Å². The van der Waals surface area contributed by atoms with Gasteiger partial charge in [0, 0.05) is 6.54 Å². The predicted octanol–water partition coefficient (Wildman–Crippen LogP) is 2.28. The number of nitrogens with one attached hydrogen (secondary N) is 1. The number of aliphatic hydroxyl groups is 2. The molecule has 2 aliphatic rings. The van der Waals surface area contributed by atoms with E-state index < -0.39 is 6.10 Å². The molecule has 2 heterocycles. The van der Waals surface area contributed by atoms with E-state index in [0.29, 0.717) is 24.7 Å². The van der Waals surface area contributed by atoms with Crippen LogP contribution in [-0.4, -0.2) is 60.6 Å². The first-order chi connectivity index (χ1) is 14.2. The Kier molecular flexibility index (Phi) is 6.67. The van der Waals surface area contributed by atoms with Gasteiger partial charge in [0.1, 0.15) is 13.2 Å². The van der Waals surface area contributed by atoms with Crippen LogP contribution in [0, 0.1) is 0 Å². The van der Waals surface area contributed by atoms with Crippen LogP contribution < -0.4 is 14.8 Å². The van der Waals surface area contributed by atoms with E-state index in [1.807, 2.05) is 48.5 Å². The predicted molar refractivity (Wildman–Crippen MR) is 111 cm³/mol. The summed E-state index contributed by atoms with van der Waals surface area (Å²) in [4.78, 5) is 2.37. The molecule has 0 aromatic heterocycles. The summed E-state index contributed by atoms with van der Waals surface area (Å²) in [6.45, 7) is 3.83. The fraction of sp³-hybridized carbons (Fsp3) is 0.478. The van der Waals surface area contributed by atoms with E-state index in [9.17, 15) is 10.2 Å². The normalized spacial score (nSPS) is 19.7. The van der Waals surface area contributed by atoms with Gasteiger partial charge in [0.05, 0.1) is 24.8 Å². The molecule has 0 aliphatic carbocycles. The van der Waals surface area contributed by atoms with Gasteiger partial charge in [-0.1, -0.05) is 36.4 Å². The lowest BCUT2D eigenvalue weighted by molar-refractivity contribution is 0.0908. The molecular weight excluding hydrogens is 368 g/mol. The highest BCUT2D eigenvalue weighted by atomic mass is 16.6. The molecule has 29 heavy (non-hydrogen) atoms. The maximum atomic E-state index is 11.3. The highest BCUT2D eigenvalue weighted by Crippen LogP contribution is 2.34. The lowest BCUT2D eigenvalue weighted by Crippen LogP contribution is -2.46. The second-order valence-electron chi connectivity index (χ2n) is 7.77. The Balaban J connectivity index is 1.55. The van der Waals surface area contributed by atoms with Crippen LogP contribution in [-0.2, 0) is 0 Å². The quantitative estimate of drug-likeness (QED) is 0.634. The Morgan fingerprint density at radius 3 is 2.38 bits per heavy atom. The number of nitrogens with zero attached hydrogens (tertiary/aromatic N) is 1. The standard InChI is InChI=1S/C23H30N2O4/c26-16-20(17-6-2-1-3-7-17)24-19(15-25-10-4-5-11-25)23(27)18-8-9-21-22(14-18)29-13-12-28-21/h1-3,6-9,14,19-20,23-24,26-27H,4-5,10-13,15-16H2. The van der Waals surface area contributed by atoms with Crippen molar-refractivity contribution in [1.82, 2.24) is 10.2 Å². The second-order valence-corrected chi connectivity index (χ2v) is 7.77. The van der Waals surface area contributed by atoms with Gasteiger partial charge in [0.15, 0.2) is 11.5 Å². The van der Waals surface area contributed by atoms with Gasteiger partial charge in [-0.25, -0.2) is 0 Å². The number of aliphatic hydroxyl groups excluding tert-OH is 2. The fourth-order valence-electron chi connectivity index (χ4n) is 4.16. The molecular formula is C23H30N2O4. The Morgan fingerprint density at radius 1 is 0.931 bits per heavy atom. The van der Waals surface area contributed by atoms with E-state index in [4.69, 9.17) is 9.47 Å². The van der Waals surface area contributed by atoms with Gasteiger partial charge in [-0.15, -0.1) is 0 Å². The topological polar surface area (TPSA) is 74.2 Å². The molecule has 1 saturated heterocycles. The first-order valence-corrected chi connectivity index (χ1v) is 10.5. The first kappa shape index (κ1) is 20.2. The second kappa shape index (κ2) is 9.59. The monoisotopic (exact) mass is 398 g/mol. The van der Waals surface area contributed by atoms with Gasteiger partial charge in [-0.3, -0.25) is 0 Å². The highest BCUT2D eigenvalue weighted by Gasteiger charge is 2.28. The van der Waals surface area contributed by atoms with Crippen LogP contribution in [0.3, 0.4) is 0 Å². The summed E-state index contributed by atoms with van der Waals surface area (Å²) in [7, 11) is 0. The minimum atomic E-state index is -0.732. The van der Waals surface area contributed by atoms with E-state index >= 15 is 0 Å². The highest BCUT2D eigenvalue weighted by molar-refractivity contribution is 5.44. The molecule has 3 N–H and O–H groups in total. The molecule has 2 aromatic carbocycles. The lowest BCUT2D eigenvalue weighted by atomic mass is 9.98. The zero-order chi connectivity index (χ0) is 20.1. The zero-order valence-electron chi connectivity index (χ0n) is 16.7. The summed E-state index contributed by atoms with van der Waals surface area (Å²) < 4.78 is 11.3. The van der Waals surface area contributed by atoms with Crippen molar-refractivity contribution in [3.8, 4) is 11.5 Å². The van der Waals surface area contributed by atoms with Gasteiger partial charge >= 0.3 is 0 Å². The SMILES string of the molecule is OCC(NC(CN1CCCC1)C(O)c1ccc2c(c1)OCCO2)c1ccccc1. The van der Waals surface area contributed by atoms with Crippen LogP contribution >= 0.6 is 0 Å². The molecule has 0 bridgehead atoms. The molecule has 0 radical (unpaired) electrons. The average molecular weight is 399 g/mol. The maximum Gasteiger partial charge on any atom is 0.161 e. The molecule has 4 rings (SSSR count). The van der Waals surface area contributed by atoms with Crippen molar-refractivity contribution in [1.29, 1.82) is 0 Å². The third-order valence-electron chi connectivity index (χ3n) is 5.74. The number of ether oxygens (including phenoxy) is 2. The van der Waals surface area contributed by atoms with Crippen molar-refractivity contribution in [2.45, 2.75) is 31.0 Å². The van der Waals surface area contributed by atoms with Gasteiger partial charge in [-0.2, -0.15) is 0 Å². The summed E-state index contributed by atoms with van der Waals surface area (Å²) in [6, 6.07) is 15.0. The molecule has 0 amide bonds. The van der Waals surface area contributed by atoms with E-state index in [2.05, 4.69) is 10.2 Å². The molecule has 3 atom stereocenters. The van der Waals surface area contributed by atoms with Crippen molar-refractivity contribution in [3.05, 3.63) is 59.7 Å². The number of fused-ring (bicyclic) bond motifs is 1. The van der Waals surface area contributed by atoms with E-state index in [0.717, 1.165) is 30.8 Å². The summed E-state index contributed by atoms with van der Waals surface area (Å²) in [5.41, 5.74) is 1.80. The van der Waals surface area contributed by atoms with Crippen molar-refractivity contribution in [2.75, 3.05) is 39.5 Å². The Morgan fingerprint density at radius 2 is 1.66 bits per heavy atom.